The minimum Gasteiger partial charge on any atom is -0.465 e. The number of thioether (sulfide) groups is 1. The molecule has 4 nitrogen and oxygen atoms in total. The third-order valence-electron chi connectivity index (χ3n) is 3.22. The van der Waals surface area contributed by atoms with Crippen LogP contribution in [0.4, 0.5) is 0 Å². The molecule has 1 aliphatic heterocycles. The van der Waals surface area contributed by atoms with Crippen molar-refractivity contribution in [2.45, 2.75) is 32.4 Å². The van der Waals surface area contributed by atoms with Gasteiger partial charge >= 0.3 is 0 Å². The second-order valence-electron chi connectivity index (χ2n) is 4.37. The molecule has 1 aromatic rings. The summed E-state index contributed by atoms with van der Waals surface area (Å²) >= 11 is 1.62. The zero-order chi connectivity index (χ0) is 13.8. The standard InChI is InChI=1S/C14H21N3OS/c1-5-11-13(15-10(3)19-4)12-8-7-9-17(12)14(16-11)18-6-2/h7-9,11,13,15H,3,5-6H2,1-2,4H3/t11-,13-/m0/s1. The maximum absolute atomic E-state index is 5.64. The summed E-state index contributed by atoms with van der Waals surface area (Å²) in [5.74, 6) is 0. The number of ether oxygens (including phenoxy) is 1. The van der Waals surface area contributed by atoms with Gasteiger partial charge in [-0.05, 0) is 31.7 Å². The first-order valence-electron chi connectivity index (χ1n) is 6.58. The Labute approximate surface area is 118 Å². The van der Waals surface area contributed by atoms with E-state index in [4.69, 9.17) is 9.73 Å². The normalized spacial score (nSPS) is 21.5. The minimum absolute atomic E-state index is 0.157. The largest absolute Gasteiger partial charge is 0.465 e. The molecule has 2 rings (SSSR count). The van der Waals surface area contributed by atoms with Crippen LogP contribution in [0.5, 0.6) is 0 Å². The highest BCUT2D eigenvalue weighted by molar-refractivity contribution is 8.02. The van der Waals surface area contributed by atoms with Gasteiger partial charge in [-0.2, -0.15) is 0 Å². The molecule has 1 aliphatic rings. The number of fused-ring (bicyclic) bond motifs is 1. The maximum atomic E-state index is 5.64. The molecule has 1 N–H and O–H groups in total. The fourth-order valence-corrected chi connectivity index (χ4v) is 2.51. The monoisotopic (exact) mass is 279 g/mol. The third-order valence-corrected chi connectivity index (χ3v) is 3.83. The van der Waals surface area contributed by atoms with Crippen LogP contribution in [0.3, 0.4) is 0 Å². The Hall–Kier alpha value is -1.36. The fourth-order valence-electron chi connectivity index (χ4n) is 2.26. The number of nitrogens with one attached hydrogen (secondary N) is 1. The van der Waals surface area contributed by atoms with Crippen LogP contribution in [0.15, 0.2) is 34.9 Å². The molecular formula is C14H21N3OS. The highest BCUT2D eigenvalue weighted by Crippen LogP contribution is 2.29. The van der Waals surface area contributed by atoms with Crippen molar-refractivity contribution in [2.24, 2.45) is 4.99 Å². The van der Waals surface area contributed by atoms with E-state index in [1.165, 1.54) is 5.69 Å². The zero-order valence-electron chi connectivity index (χ0n) is 11.7. The van der Waals surface area contributed by atoms with Crippen LogP contribution in [-0.4, -0.2) is 29.5 Å². The van der Waals surface area contributed by atoms with E-state index in [2.05, 4.69) is 24.9 Å². The van der Waals surface area contributed by atoms with Crippen molar-refractivity contribution in [3.63, 3.8) is 0 Å². The molecule has 0 spiro atoms. The highest BCUT2D eigenvalue weighted by atomic mass is 32.2. The Morgan fingerprint density at radius 2 is 2.37 bits per heavy atom. The van der Waals surface area contributed by atoms with Gasteiger partial charge in [0.25, 0.3) is 6.02 Å². The van der Waals surface area contributed by atoms with Crippen LogP contribution < -0.4 is 5.32 Å². The van der Waals surface area contributed by atoms with E-state index in [-0.39, 0.29) is 12.1 Å². The summed E-state index contributed by atoms with van der Waals surface area (Å²) in [6.07, 6.45) is 4.97. The van der Waals surface area contributed by atoms with Crippen molar-refractivity contribution in [1.82, 2.24) is 9.88 Å². The third kappa shape index (κ3) is 2.81. The molecule has 0 unspecified atom stereocenters. The van der Waals surface area contributed by atoms with Gasteiger partial charge in [0.2, 0.25) is 0 Å². The molecule has 1 aromatic heterocycles. The van der Waals surface area contributed by atoms with Gasteiger partial charge in [-0.1, -0.05) is 13.5 Å². The topological polar surface area (TPSA) is 38.5 Å². The molecule has 19 heavy (non-hydrogen) atoms. The Morgan fingerprint density at radius 3 is 3.00 bits per heavy atom. The summed E-state index contributed by atoms with van der Waals surface area (Å²) in [5, 5.41) is 4.42. The Balaban J connectivity index is 2.33. The van der Waals surface area contributed by atoms with Crippen LogP contribution in [0, 0.1) is 0 Å². The second kappa shape index (κ2) is 6.19. The van der Waals surface area contributed by atoms with E-state index in [1.54, 1.807) is 11.8 Å². The molecular weight excluding hydrogens is 258 g/mol. The summed E-state index contributed by atoms with van der Waals surface area (Å²) in [5.41, 5.74) is 1.18. The van der Waals surface area contributed by atoms with Gasteiger partial charge in [0.1, 0.15) is 0 Å². The summed E-state index contributed by atoms with van der Waals surface area (Å²) in [7, 11) is 0. The van der Waals surface area contributed by atoms with E-state index < -0.39 is 0 Å². The molecule has 0 bridgehead atoms. The van der Waals surface area contributed by atoms with Crippen molar-refractivity contribution in [3.05, 3.63) is 35.6 Å². The zero-order valence-corrected chi connectivity index (χ0v) is 12.5. The Kier molecular flexibility index (Phi) is 4.58. The van der Waals surface area contributed by atoms with Gasteiger partial charge in [0, 0.05) is 6.20 Å². The predicted molar refractivity (Wildman–Crippen MR) is 81.5 cm³/mol. The maximum Gasteiger partial charge on any atom is 0.296 e. The fraction of sp³-hybridized carbons (Fsp3) is 0.500. The summed E-state index contributed by atoms with van der Waals surface area (Å²) in [6, 6.07) is 5.17. The molecule has 0 fully saturated rings. The number of hydrogen-bond acceptors (Lipinski definition) is 4. The summed E-state index contributed by atoms with van der Waals surface area (Å²) in [6.45, 7) is 8.76. The van der Waals surface area contributed by atoms with Gasteiger partial charge in [-0.3, -0.25) is 4.57 Å². The van der Waals surface area contributed by atoms with Gasteiger partial charge in [0.15, 0.2) is 0 Å². The van der Waals surface area contributed by atoms with Crippen molar-refractivity contribution in [1.29, 1.82) is 0 Å². The number of aliphatic imine (C=N–C) groups is 1. The predicted octanol–water partition coefficient (Wildman–Crippen LogP) is 2.99. The lowest BCUT2D eigenvalue weighted by Gasteiger charge is -2.31. The Bertz CT molecular complexity index is 481. The van der Waals surface area contributed by atoms with E-state index in [1.807, 2.05) is 30.0 Å². The first-order valence-corrected chi connectivity index (χ1v) is 7.81. The van der Waals surface area contributed by atoms with Gasteiger partial charge < -0.3 is 10.1 Å². The van der Waals surface area contributed by atoms with E-state index in [0.29, 0.717) is 12.6 Å². The van der Waals surface area contributed by atoms with Crippen molar-refractivity contribution < 1.29 is 4.74 Å². The number of aromatic nitrogens is 1. The first kappa shape index (κ1) is 14.1. The molecule has 2 heterocycles. The van der Waals surface area contributed by atoms with Crippen LogP contribution in [0.1, 0.15) is 32.0 Å². The molecule has 0 amide bonds. The van der Waals surface area contributed by atoms with Crippen molar-refractivity contribution in [2.75, 3.05) is 12.9 Å². The lowest BCUT2D eigenvalue weighted by Crippen LogP contribution is -2.38. The Morgan fingerprint density at radius 1 is 1.58 bits per heavy atom. The second-order valence-corrected chi connectivity index (χ2v) is 5.27. The van der Waals surface area contributed by atoms with Crippen molar-refractivity contribution >= 4 is 17.8 Å². The van der Waals surface area contributed by atoms with Gasteiger partial charge in [-0.25, -0.2) is 4.99 Å². The lowest BCUT2D eigenvalue weighted by atomic mass is 10.0. The summed E-state index contributed by atoms with van der Waals surface area (Å²) < 4.78 is 7.65. The molecule has 2 atom stereocenters. The number of hydrogen-bond donors (Lipinski definition) is 1. The van der Waals surface area contributed by atoms with Crippen LogP contribution >= 0.6 is 11.8 Å². The quantitative estimate of drug-likeness (QED) is 0.900. The molecule has 104 valence electrons. The molecule has 0 radical (unpaired) electrons. The molecule has 5 heteroatoms. The number of rotatable bonds is 5. The van der Waals surface area contributed by atoms with Crippen molar-refractivity contribution in [3.8, 4) is 0 Å². The average molecular weight is 279 g/mol. The van der Waals surface area contributed by atoms with Gasteiger partial charge in [0.05, 0.1) is 29.4 Å². The smallest absolute Gasteiger partial charge is 0.296 e. The van der Waals surface area contributed by atoms with Crippen LogP contribution in [-0.2, 0) is 4.74 Å². The molecule has 0 aromatic carbocycles. The number of nitrogens with zero attached hydrogens (tertiary/aromatic N) is 2. The SMILES string of the molecule is C=C(N[C@@H]1c2cccn2C(OCC)=N[C@H]1CC)SC. The van der Waals surface area contributed by atoms with E-state index >= 15 is 0 Å². The molecule has 0 aliphatic carbocycles. The first-order chi connectivity index (χ1) is 9.21. The van der Waals surface area contributed by atoms with Crippen LogP contribution in [0.2, 0.25) is 0 Å². The molecule has 0 saturated carbocycles. The highest BCUT2D eigenvalue weighted by Gasteiger charge is 2.30. The minimum atomic E-state index is 0.157. The summed E-state index contributed by atoms with van der Waals surface area (Å²) in [4.78, 5) is 4.72. The molecule has 0 saturated heterocycles. The lowest BCUT2D eigenvalue weighted by molar-refractivity contribution is 0.293. The average Bonchev–Trinajstić information content (AvgIpc) is 2.90. The van der Waals surface area contributed by atoms with Crippen LogP contribution in [0.25, 0.3) is 0 Å². The van der Waals surface area contributed by atoms with E-state index in [0.717, 1.165) is 11.4 Å². The van der Waals surface area contributed by atoms with Gasteiger partial charge in [-0.15, -0.1) is 11.8 Å². The van der Waals surface area contributed by atoms with E-state index in [9.17, 15) is 0 Å².